The van der Waals surface area contributed by atoms with Gasteiger partial charge in [-0.2, -0.15) is 0 Å². The van der Waals surface area contributed by atoms with Gasteiger partial charge >= 0.3 is 7.12 Å². The zero-order chi connectivity index (χ0) is 35.9. The lowest BCUT2D eigenvalue weighted by atomic mass is 9.76. The monoisotopic (exact) mass is 748 g/mol. The molecule has 1 atom stereocenters. The molecule has 0 saturated carbocycles. The summed E-state index contributed by atoms with van der Waals surface area (Å²) in [7, 11) is -0.266. The Balaban J connectivity index is 1.31. The van der Waals surface area contributed by atoms with Crippen molar-refractivity contribution in [1.29, 1.82) is 0 Å². The standard InChI is InChI=1S/C40H46BBrN6O3/c1-38(2)39(3,4)51-41(50-38)27-15-14-22-35(37-45-46-47-48(37)29-36(49)43-28-30-23-25-34(42)26-24-30)44-40(31-16-8-5-9-17-31,32-18-10-6-11-19-32)33-20-12-7-13-21-33/h5-13,16-21,23-26,35,44H,14-15,22,27-29H2,1-4H3,(H,43,49). The lowest BCUT2D eigenvalue weighted by Crippen LogP contribution is -2.47. The minimum atomic E-state index is -0.763. The summed E-state index contributed by atoms with van der Waals surface area (Å²) in [5.74, 6) is 0.419. The average molecular weight is 750 g/mol. The highest BCUT2D eigenvalue weighted by Crippen LogP contribution is 2.41. The van der Waals surface area contributed by atoms with Crippen LogP contribution in [-0.2, 0) is 32.7 Å². The number of hydrogen-bond acceptors (Lipinski definition) is 7. The largest absolute Gasteiger partial charge is 0.457 e. The van der Waals surface area contributed by atoms with Crippen molar-refractivity contribution < 1.29 is 14.1 Å². The summed E-state index contributed by atoms with van der Waals surface area (Å²) in [5, 5.41) is 20.1. The number of amides is 1. The van der Waals surface area contributed by atoms with E-state index in [0.717, 1.165) is 45.9 Å². The molecule has 11 heteroatoms. The number of tetrazole rings is 1. The quantitative estimate of drug-likeness (QED) is 0.0645. The minimum absolute atomic E-state index is 0.0139. The maximum absolute atomic E-state index is 13.3. The molecule has 264 valence electrons. The molecule has 0 bridgehead atoms. The van der Waals surface area contributed by atoms with Crippen molar-refractivity contribution in [3.63, 3.8) is 0 Å². The fraction of sp³-hybridized carbons (Fsp3) is 0.350. The molecule has 1 aromatic heterocycles. The summed E-state index contributed by atoms with van der Waals surface area (Å²) in [6.07, 6.45) is 3.19. The van der Waals surface area contributed by atoms with Crippen LogP contribution in [0.15, 0.2) is 120 Å². The van der Waals surface area contributed by atoms with Crippen LogP contribution in [0.5, 0.6) is 0 Å². The lowest BCUT2D eigenvalue weighted by Gasteiger charge is -2.40. The average Bonchev–Trinajstić information content (AvgIpc) is 3.68. The number of benzene rings is 4. The maximum atomic E-state index is 13.3. The van der Waals surface area contributed by atoms with Crippen LogP contribution in [-0.4, -0.2) is 44.4 Å². The second kappa shape index (κ2) is 16.0. The fourth-order valence-corrected chi connectivity index (χ4v) is 6.92. The van der Waals surface area contributed by atoms with Crippen molar-refractivity contribution >= 4 is 29.0 Å². The van der Waals surface area contributed by atoms with E-state index >= 15 is 0 Å². The summed E-state index contributed by atoms with van der Waals surface area (Å²) in [4.78, 5) is 13.3. The van der Waals surface area contributed by atoms with Crippen LogP contribution in [0.4, 0.5) is 0 Å². The smallest absolute Gasteiger partial charge is 0.403 e. The molecule has 1 amide bonds. The predicted octanol–water partition coefficient (Wildman–Crippen LogP) is 7.64. The van der Waals surface area contributed by atoms with Gasteiger partial charge in [0.1, 0.15) is 6.54 Å². The van der Waals surface area contributed by atoms with E-state index in [1.54, 1.807) is 4.68 Å². The van der Waals surface area contributed by atoms with Gasteiger partial charge in [0, 0.05) is 11.0 Å². The van der Waals surface area contributed by atoms with Crippen LogP contribution in [0.1, 0.15) is 81.1 Å². The number of carbonyl (C=O) groups is 1. The van der Waals surface area contributed by atoms with E-state index < -0.39 is 5.54 Å². The Hall–Kier alpha value is -4.16. The predicted molar refractivity (Wildman–Crippen MR) is 204 cm³/mol. The van der Waals surface area contributed by atoms with Gasteiger partial charge in [0.2, 0.25) is 5.91 Å². The number of hydrogen-bond donors (Lipinski definition) is 2. The van der Waals surface area contributed by atoms with Gasteiger partial charge in [-0.25, -0.2) is 4.68 Å². The second-order valence-corrected chi connectivity index (χ2v) is 15.0. The minimum Gasteiger partial charge on any atom is -0.403 e. The van der Waals surface area contributed by atoms with Crippen LogP contribution in [0.25, 0.3) is 0 Å². The molecule has 1 aliphatic heterocycles. The Morgan fingerprint density at radius 2 is 1.33 bits per heavy atom. The van der Waals surface area contributed by atoms with Crippen molar-refractivity contribution in [2.75, 3.05) is 0 Å². The van der Waals surface area contributed by atoms with E-state index in [9.17, 15) is 4.79 Å². The zero-order valence-electron chi connectivity index (χ0n) is 29.8. The molecule has 51 heavy (non-hydrogen) atoms. The molecule has 1 unspecified atom stereocenters. The van der Waals surface area contributed by atoms with E-state index in [4.69, 9.17) is 9.31 Å². The summed E-state index contributed by atoms with van der Waals surface area (Å²) in [6.45, 7) is 8.72. The first-order valence-corrected chi connectivity index (χ1v) is 18.4. The SMILES string of the molecule is CC1(C)OB(CCCCC(NC(c2ccccc2)(c2ccccc2)c2ccccc2)c2nnnn2CC(=O)NCc2ccc(Br)cc2)OC1(C)C. The highest BCUT2D eigenvalue weighted by atomic mass is 79.9. The maximum Gasteiger partial charge on any atom is 0.457 e. The van der Waals surface area contributed by atoms with E-state index in [1.165, 1.54) is 0 Å². The van der Waals surface area contributed by atoms with Gasteiger partial charge in [-0.05, 0) is 85.2 Å². The first-order valence-electron chi connectivity index (χ1n) is 17.6. The molecule has 6 rings (SSSR count). The lowest BCUT2D eigenvalue weighted by molar-refractivity contribution is -0.122. The first kappa shape index (κ1) is 36.6. The molecule has 1 aliphatic rings. The van der Waals surface area contributed by atoms with Crippen molar-refractivity contribution in [3.8, 4) is 0 Å². The van der Waals surface area contributed by atoms with Crippen molar-refractivity contribution in [2.45, 2.75) is 89.1 Å². The van der Waals surface area contributed by atoms with E-state index in [1.807, 2.05) is 42.5 Å². The highest BCUT2D eigenvalue weighted by Gasteiger charge is 2.50. The summed E-state index contributed by atoms with van der Waals surface area (Å²) < 4.78 is 15.2. The van der Waals surface area contributed by atoms with Crippen LogP contribution >= 0.6 is 15.9 Å². The van der Waals surface area contributed by atoms with Crippen LogP contribution in [0.2, 0.25) is 6.32 Å². The van der Waals surface area contributed by atoms with Crippen LogP contribution in [0.3, 0.4) is 0 Å². The van der Waals surface area contributed by atoms with E-state index in [-0.39, 0.29) is 36.8 Å². The number of aromatic nitrogens is 4. The van der Waals surface area contributed by atoms with Crippen molar-refractivity contribution in [1.82, 2.24) is 30.8 Å². The topological polar surface area (TPSA) is 103 Å². The third-order valence-corrected chi connectivity index (χ3v) is 10.6. The van der Waals surface area contributed by atoms with Crippen molar-refractivity contribution in [3.05, 3.63) is 148 Å². The van der Waals surface area contributed by atoms with Gasteiger partial charge in [-0.1, -0.05) is 132 Å². The third kappa shape index (κ3) is 8.50. The molecule has 9 nitrogen and oxygen atoms in total. The first-order chi connectivity index (χ1) is 24.6. The number of halogens is 1. The zero-order valence-corrected chi connectivity index (χ0v) is 31.3. The molecule has 4 aromatic carbocycles. The molecule has 0 radical (unpaired) electrons. The van der Waals surface area contributed by atoms with Gasteiger partial charge in [-0.15, -0.1) is 5.10 Å². The molecule has 2 heterocycles. The molecule has 1 fully saturated rings. The molecule has 0 spiro atoms. The fourth-order valence-electron chi connectivity index (χ4n) is 6.65. The van der Waals surface area contributed by atoms with Gasteiger partial charge in [0.15, 0.2) is 5.82 Å². The molecule has 0 aliphatic carbocycles. The summed E-state index contributed by atoms with van der Waals surface area (Å²) >= 11 is 3.47. The van der Waals surface area contributed by atoms with Gasteiger partial charge in [0.05, 0.1) is 22.8 Å². The molecule has 1 saturated heterocycles. The van der Waals surface area contributed by atoms with Crippen LogP contribution in [0, 0.1) is 0 Å². The number of carbonyl (C=O) groups excluding carboxylic acids is 1. The normalized spacial score (nSPS) is 15.8. The molecule has 2 N–H and O–H groups in total. The summed E-state index contributed by atoms with van der Waals surface area (Å²) in [5.41, 5.74) is 2.73. The Morgan fingerprint density at radius 3 is 1.86 bits per heavy atom. The van der Waals surface area contributed by atoms with Crippen LogP contribution < -0.4 is 10.6 Å². The Kier molecular flexibility index (Phi) is 11.5. The summed E-state index contributed by atoms with van der Waals surface area (Å²) in [6, 6.07) is 39.0. The van der Waals surface area contributed by atoms with E-state index in [0.29, 0.717) is 18.8 Å². The van der Waals surface area contributed by atoms with Crippen molar-refractivity contribution in [2.24, 2.45) is 0 Å². The highest BCUT2D eigenvalue weighted by molar-refractivity contribution is 9.10. The van der Waals surface area contributed by atoms with Gasteiger partial charge in [0.25, 0.3) is 0 Å². The second-order valence-electron chi connectivity index (χ2n) is 14.1. The van der Waals surface area contributed by atoms with Gasteiger partial charge in [-0.3, -0.25) is 10.1 Å². The van der Waals surface area contributed by atoms with Gasteiger partial charge < -0.3 is 14.6 Å². The third-order valence-electron chi connectivity index (χ3n) is 10.1. The number of nitrogens with one attached hydrogen (secondary N) is 2. The number of rotatable bonds is 15. The molecule has 5 aromatic rings. The Labute approximate surface area is 309 Å². The van der Waals surface area contributed by atoms with E-state index in [2.05, 4.69) is 143 Å². The Bertz CT molecular complexity index is 1740. The molecular weight excluding hydrogens is 703 g/mol. The number of nitrogens with zero attached hydrogens (tertiary/aromatic N) is 4. The Morgan fingerprint density at radius 1 is 0.804 bits per heavy atom. The molecular formula is C40H46BBrN6O3. The number of unbranched alkanes of at least 4 members (excludes halogenated alkanes) is 1.